The molecule has 2 N–H and O–H groups in total. The molecule has 0 heterocycles. The molecular formula is C47H51N3O6S. The van der Waals surface area contributed by atoms with Crippen molar-refractivity contribution in [1.29, 1.82) is 0 Å². The number of nitrogens with zero attached hydrogens (tertiary/aromatic N) is 2. The van der Waals surface area contributed by atoms with E-state index in [9.17, 15) is 22.9 Å². The van der Waals surface area contributed by atoms with Gasteiger partial charge in [-0.2, -0.15) is 0 Å². The Morgan fingerprint density at radius 2 is 1.19 bits per heavy atom. The van der Waals surface area contributed by atoms with E-state index in [1.165, 1.54) is 62.6 Å². The van der Waals surface area contributed by atoms with Gasteiger partial charge in [0.05, 0.1) is 23.1 Å². The van der Waals surface area contributed by atoms with E-state index < -0.39 is 26.5 Å². The molecule has 1 aliphatic carbocycles. The van der Waals surface area contributed by atoms with Crippen molar-refractivity contribution in [3.8, 4) is 11.5 Å². The molecule has 0 spiro atoms. The summed E-state index contributed by atoms with van der Waals surface area (Å²) in [7, 11) is -3.68. The van der Waals surface area contributed by atoms with Crippen molar-refractivity contribution >= 4 is 44.1 Å². The molecule has 1 aliphatic rings. The Morgan fingerprint density at radius 1 is 0.684 bits per heavy atom. The Kier molecular flexibility index (Phi) is 14.2. The molecule has 0 aromatic heterocycles. The van der Waals surface area contributed by atoms with E-state index in [1.807, 2.05) is 0 Å². The lowest BCUT2D eigenvalue weighted by molar-refractivity contribution is -0.450. The van der Waals surface area contributed by atoms with Gasteiger partial charge in [0.25, 0.3) is 0 Å². The van der Waals surface area contributed by atoms with Gasteiger partial charge in [0, 0.05) is 55.3 Å². The van der Waals surface area contributed by atoms with Crippen molar-refractivity contribution in [1.82, 2.24) is 0 Å². The van der Waals surface area contributed by atoms with Gasteiger partial charge in [0.2, 0.25) is 5.71 Å². The summed E-state index contributed by atoms with van der Waals surface area (Å²) < 4.78 is 38.4. The summed E-state index contributed by atoms with van der Waals surface area (Å²) in [6, 6.07) is 36.7. The van der Waals surface area contributed by atoms with Crippen molar-refractivity contribution in [2.75, 3.05) is 49.6 Å². The maximum absolute atomic E-state index is 12.2. The Bertz CT molecular complexity index is 2300. The number of phenolic OH excluding ortho intramolecular Hbond substituents is 1. The van der Waals surface area contributed by atoms with E-state index in [4.69, 9.17) is 4.74 Å². The quantitative estimate of drug-likeness (QED) is 0.0940. The summed E-state index contributed by atoms with van der Waals surface area (Å²) in [6.45, 7) is 15.9. The number of anilines is 2. The van der Waals surface area contributed by atoms with Gasteiger partial charge in [0.1, 0.15) is 28.2 Å². The van der Waals surface area contributed by atoms with E-state index in [0.717, 1.165) is 52.0 Å². The number of hydrogen-bond donors (Lipinski definition) is 2. The second kappa shape index (κ2) is 19.3. The van der Waals surface area contributed by atoms with Crippen LogP contribution in [0.2, 0.25) is 0 Å². The Hall–Kier alpha value is -5.97. The number of phenols is 1. The zero-order valence-corrected chi connectivity index (χ0v) is 34.3. The van der Waals surface area contributed by atoms with Crippen molar-refractivity contribution in [3.63, 3.8) is 0 Å². The number of fused-ring (bicyclic) bond motifs is 1. The summed E-state index contributed by atoms with van der Waals surface area (Å²) >= 11 is 0. The first kappa shape index (κ1) is 42.2. The summed E-state index contributed by atoms with van der Waals surface area (Å²) in [6.07, 6.45) is 4.52. The lowest BCUT2D eigenvalue weighted by atomic mass is 9.83. The first-order valence-electron chi connectivity index (χ1n) is 19.3. The van der Waals surface area contributed by atoms with Gasteiger partial charge in [-0.05, 0) is 105 Å². The SMILES string of the molecule is CC[NH+]=C1C=CC(=C(c2ccc(N(CC)CC)cc2)c2ccc(N(CC)CC)cc2)c2ccccc21.COc1cc(O)c(C(=O)c2ccccc2)cc1S(=O)(=O)[O-]. The highest BCUT2D eigenvalue weighted by Crippen LogP contribution is 2.38. The minimum atomic E-state index is -4.84. The van der Waals surface area contributed by atoms with E-state index in [0.29, 0.717) is 0 Å². The predicted octanol–water partition coefficient (Wildman–Crippen LogP) is 7.33. The summed E-state index contributed by atoms with van der Waals surface area (Å²) in [5.74, 6) is -1.37. The molecule has 5 aromatic rings. The van der Waals surface area contributed by atoms with Crippen molar-refractivity contribution in [3.05, 3.63) is 161 Å². The summed E-state index contributed by atoms with van der Waals surface area (Å²) in [5.41, 5.74) is 11.2. The number of nitrogens with one attached hydrogen (secondary N) is 1. The van der Waals surface area contributed by atoms with Crippen LogP contribution in [0.15, 0.2) is 132 Å². The number of carbonyl (C=O) groups is 1. The fourth-order valence-corrected chi connectivity index (χ4v) is 7.68. The molecule has 0 unspecified atom stereocenters. The Morgan fingerprint density at radius 3 is 1.67 bits per heavy atom. The second-order valence-corrected chi connectivity index (χ2v) is 14.6. The molecule has 0 saturated heterocycles. The average Bonchev–Trinajstić information content (AvgIpc) is 3.23. The molecule has 0 fully saturated rings. The third-order valence-corrected chi connectivity index (χ3v) is 10.8. The van der Waals surface area contributed by atoms with Crippen LogP contribution in [0.4, 0.5) is 11.4 Å². The fraction of sp³-hybridized carbons (Fsp3) is 0.234. The van der Waals surface area contributed by atoms with Crippen LogP contribution in [-0.2, 0) is 10.1 Å². The third kappa shape index (κ3) is 9.71. The lowest BCUT2D eigenvalue weighted by Gasteiger charge is -2.24. The molecular weight excluding hydrogens is 735 g/mol. The van der Waals surface area contributed by atoms with Gasteiger partial charge >= 0.3 is 0 Å². The van der Waals surface area contributed by atoms with Crippen molar-refractivity contribution < 1.29 is 32.6 Å². The third-order valence-electron chi connectivity index (χ3n) is 9.96. The van der Waals surface area contributed by atoms with Gasteiger partial charge in [-0.1, -0.05) is 72.8 Å². The smallest absolute Gasteiger partial charge is 0.206 e. The minimum Gasteiger partial charge on any atom is -0.744 e. The normalized spacial score (nSPS) is 12.7. The van der Waals surface area contributed by atoms with E-state index in [2.05, 4.69) is 134 Å². The van der Waals surface area contributed by atoms with Gasteiger partial charge in [-0.25, -0.2) is 13.4 Å². The monoisotopic (exact) mass is 785 g/mol. The van der Waals surface area contributed by atoms with Gasteiger partial charge < -0.3 is 24.2 Å². The van der Waals surface area contributed by atoms with E-state index in [-0.39, 0.29) is 16.9 Å². The van der Waals surface area contributed by atoms with Crippen LogP contribution in [-0.4, -0.2) is 69.4 Å². The van der Waals surface area contributed by atoms with Crippen LogP contribution in [0.3, 0.4) is 0 Å². The average molecular weight is 786 g/mol. The number of allylic oxidation sites excluding steroid dienone is 3. The highest BCUT2D eigenvalue weighted by Gasteiger charge is 2.23. The molecule has 0 radical (unpaired) electrons. The topological polar surface area (TPSA) is 124 Å². The lowest BCUT2D eigenvalue weighted by Crippen LogP contribution is -2.72. The number of hydrogen-bond acceptors (Lipinski definition) is 8. The molecule has 0 aliphatic heterocycles. The number of rotatable bonds is 13. The molecule has 0 atom stereocenters. The largest absolute Gasteiger partial charge is 0.744 e. The highest BCUT2D eigenvalue weighted by molar-refractivity contribution is 7.85. The predicted molar refractivity (Wildman–Crippen MR) is 230 cm³/mol. The van der Waals surface area contributed by atoms with Crippen LogP contribution in [0, 0.1) is 0 Å². The first-order chi connectivity index (χ1) is 27.5. The van der Waals surface area contributed by atoms with Gasteiger partial charge in [0.15, 0.2) is 5.78 Å². The number of methoxy groups -OCH3 is 1. The van der Waals surface area contributed by atoms with E-state index in [1.54, 1.807) is 18.2 Å². The molecule has 6 rings (SSSR count). The Labute approximate surface area is 337 Å². The second-order valence-electron chi connectivity index (χ2n) is 13.2. The molecule has 9 nitrogen and oxygen atoms in total. The van der Waals surface area contributed by atoms with Crippen molar-refractivity contribution in [2.45, 2.75) is 39.5 Å². The first-order valence-corrected chi connectivity index (χ1v) is 20.7. The van der Waals surface area contributed by atoms with Crippen LogP contribution in [0.25, 0.3) is 11.1 Å². The number of aromatic hydroxyl groups is 1. The molecule has 0 amide bonds. The number of carbonyl (C=O) groups excluding carboxylic acids is 1. The maximum atomic E-state index is 12.2. The molecule has 5 aromatic carbocycles. The van der Waals surface area contributed by atoms with Crippen LogP contribution < -0.4 is 19.5 Å². The summed E-state index contributed by atoms with van der Waals surface area (Å²) in [4.78, 5) is 19.9. The van der Waals surface area contributed by atoms with Gasteiger partial charge in [-0.3, -0.25) is 4.79 Å². The van der Waals surface area contributed by atoms with Crippen LogP contribution >= 0.6 is 0 Å². The number of ether oxygens (including phenoxy) is 1. The molecule has 57 heavy (non-hydrogen) atoms. The summed E-state index contributed by atoms with van der Waals surface area (Å²) in [5, 5.41) is 9.85. The van der Waals surface area contributed by atoms with Crippen LogP contribution in [0.1, 0.15) is 72.8 Å². The Balaban J connectivity index is 0.000000251. The molecule has 10 heteroatoms. The van der Waals surface area contributed by atoms with E-state index >= 15 is 0 Å². The highest BCUT2D eigenvalue weighted by atomic mass is 32.2. The zero-order valence-electron chi connectivity index (χ0n) is 33.5. The number of ketones is 1. The zero-order chi connectivity index (χ0) is 41.1. The van der Waals surface area contributed by atoms with Crippen LogP contribution in [0.5, 0.6) is 11.5 Å². The minimum absolute atomic E-state index is 0.257. The molecule has 0 bridgehead atoms. The maximum Gasteiger partial charge on any atom is 0.206 e. The standard InChI is InChI=1S/C33H39N3.C14H12O6S/c1-6-34-32-24-23-31(29-13-11-12-14-30(29)32)33(25-15-19-27(20-16-25)35(7-2)8-3)26-17-21-28(22-18-26)36(9-4)10-5;1-20-12-8-11(15)10(7-13(12)21(17,18)19)14(16)9-5-3-2-4-6-9/h11-24H,6-10H2,1-5H3;2-8,15H,1H3,(H,17,18,19). The fourth-order valence-electron chi connectivity index (χ4n) is 7.03. The molecule has 296 valence electrons. The molecule has 0 saturated carbocycles. The number of benzene rings is 5. The van der Waals surface area contributed by atoms with Gasteiger partial charge in [-0.15, -0.1) is 0 Å². The van der Waals surface area contributed by atoms with Crippen molar-refractivity contribution in [2.24, 2.45) is 0 Å².